The van der Waals surface area contributed by atoms with E-state index in [-0.39, 0.29) is 11.9 Å². The maximum atomic E-state index is 12.8. The van der Waals surface area contributed by atoms with E-state index < -0.39 is 11.9 Å². The number of aromatic nitrogens is 5. The maximum absolute atomic E-state index is 12.8. The van der Waals surface area contributed by atoms with Crippen molar-refractivity contribution in [2.75, 3.05) is 18.0 Å². The van der Waals surface area contributed by atoms with E-state index in [4.69, 9.17) is 0 Å². The van der Waals surface area contributed by atoms with Gasteiger partial charge in [-0.2, -0.15) is 13.2 Å². The van der Waals surface area contributed by atoms with Crippen molar-refractivity contribution in [2.24, 2.45) is 7.05 Å². The molecule has 1 aliphatic rings. The lowest BCUT2D eigenvalue weighted by Gasteiger charge is -2.32. The number of alkyl halides is 3. The fourth-order valence-corrected chi connectivity index (χ4v) is 2.69. The van der Waals surface area contributed by atoms with Crippen molar-refractivity contribution in [3.63, 3.8) is 0 Å². The Labute approximate surface area is 125 Å². The molecule has 1 fully saturated rings. The molecule has 0 unspecified atom stereocenters. The Bertz CT molecular complexity index is 653. The summed E-state index contributed by atoms with van der Waals surface area (Å²) in [4.78, 5) is 9.42. The summed E-state index contributed by atoms with van der Waals surface area (Å²) in [6.07, 6.45) is 0.0712. The zero-order valence-electron chi connectivity index (χ0n) is 12.0. The summed E-state index contributed by atoms with van der Waals surface area (Å²) < 4.78 is 40.1. The molecule has 9 heteroatoms. The highest BCUT2D eigenvalue weighted by atomic mass is 19.4. The minimum Gasteiger partial charge on any atom is -0.340 e. The summed E-state index contributed by atoms with van der Waals surface area (Å²) in [6.45, 7) is 1.17. The van der Waals surface area contributed by atoms with Crippen LogP contribution < -0.4 is 4.90 Å². The van der Waals surface area contributed by atoms with Gasteiger partial charge in [-0.15, -0.1) is 10.2 Å². The van der Waals surface area contributed by atoms with Crippen LogP contribution in [0, 0.1) is 0 Å². The van der Waals surface area contributed by atoms with Crippen LogP contribution in [0.2, 0.25) is 0 Å². The second kappa shape index (κ2) is 5.54. The molecule has 1 saturated heterocycles. The Balaban J connectivity index is 1.82. The van der Waals surface area contributed by atoms with Gasteiger partial charge in [0.1, 0.15) is 17.8 Å². The first-order chi connectivity index (χ1) is 10.4. The molecular formula is C13H15F3N6. The first kappa shape index (κ1) is 14.7. The Hall–Kier alpha value is -2.19. The largest absolute Gasteiger partial charge is 0.433 e. The van der Waals surface area contributed by atoms with E-state index in [0.29, 0.717) is 13.1 Å². The third kappa shape index (κ3) is 2.88. The van der Waals surface area contributed by atoms with Gasteiger partial charge >= 0.3 is 6.18 Å². The summed E-state index contributed by atoms with van der Waals surface area (Å²) in [5.74, 6) is 1.05. The zero-order valence-corrected chi connectivity index (χ0v) is 12.0. The van der Waals surface area contributed by atoms with Crippen molar-refractivity contribution in [2.45, 2.75) is 24.9 Å². The number of piperidine rings is 1. The molecule has 6 nitrogen and oxygen atoms in total. The minimum atomic E-state index is -4.46. The van der Waals surface area contributed by atoms with Crippen LogP contribution in [0.1, 0.15) is 30.3 Å². The van der Waals surface area contributed by atoms with Crippen LogP contribution in [0.5, 0.6) is 0 Å². The molecular weight excluding hydrogens is 297 g/mol. The van der Waals surface area contributed by atoms with Gasteiger partial charge in [0.05, 0.1) is 0 Å². The summed E-state index contributed by atoms with van der Waals surface area (Å²) in [5, 5.41) is 7.95. The van der Waals surface area contributed by atoms with Crippen molar-refractivity contribution >= 4 is 5.95 Å². The van der Waals surface area contributed by atoms with E-state index in [1.54, 1.807) is 11.2 Å². The van der Waals surface area contributed by atoms with E-state index in [1.807, 2.05) is 11.6 Å². The first-order valence-electron chi connectivity index (χ1n) is 6.94. The standard InChI is InChI=1S/C13H15F3N6/c1-21-8-18-20-11(21)9-3-2-6-22(7-9)12-17-5-4-10(19-12)13(14,15)16/h4-5,8-9H,2-3,6-7H2,1H3/t9-/m0/s1. The van der Waals surface area contributed by atoms with Crippen LogP contribution >= 0.6 is 0 Å². The van der Waals surface area contributed by atoms with Gasteiger partial charge in [0.2, 0.25) is 5.95 Å². The fraction of sp³-hybridized carbons (Fsp3) is 0.538. The van der Waals surface area contributed by atoms with Gasteiger partial charge in [-0.25, -0.2) is 9.97 Å². The lowest BCUT2D eigenvalue weighted by molar-refractivity contribution is -0.141. The van der Waals surface area contributed by atoms with Crippen molar-refractivity contribution in [1.29, 1.82) is 0 Å². The first-order valence-corrected chi connectivity index (χ1v) is 6.94. The molecule has 1 atom stereocenters. The summed E-state index contributed by atoms with van der Waals surface area (Å²) >= 11 is 0. The summed E-state index contributed by atoms with van der Waals surface area (Å²) in [6, 6.07) is 0.883. The molecule has 0 bridgehead atoms. The second-order valence-corrected chi connectivity index (χ2v) is 5.32. The van der Waals surface area contributed by atoms with E-state index >= 15 is 0 Å². The van der Waals surface area contributed by atoms with Gasteiger partial charge < -0.3 is 9.47 Å². The van der Waals surface area contributed by atoms with Gasteiger partial charge in [-0.3, -0.25) is 0 Å². The molecule has 3 heterocycles. The van der Waals surface area contributed by atoms with Crippen molar-refractivity contribution in [3.8, 4) is 0 Å². The molecule has 118 valence electrons. The third-order valence-corrected chi connectivity index (χ3v) is 3.75. The summed E-state index contributed by atoms with van der Waals surface area (Å²) in [5.41, 5.74) is -0.918. The normalized spacial score (nSPS) is 19.5. The van der Waals surface area contributed by atoms with Gasteiger partial charge in [-0.05, 0) is 18.9 Å². The predicted octanol–water partition coefficient (Wildman–Crippen LogP) is 2.01. The lowest BCUT2D eigenvalue weighted by Crippen LogP contribution is -2.36. The molecule has 0 N–H and O–H groups in total. The van der Waals surface area contributed by atoms with Gasteiger partial charge in [0.15, 0.2) is 0 Å². The minimum absolute atomic E-state index is 0.111. The number of hydrogen-bond acceptors (Lipinski definition) is 5. The van der Waals surface area contributed by atoms with Crippen LogP contribution in [0.3, 0.4) is 0 Å². The van der Waals surface area contributed by atoms with Crippen LogP contribution in [0.4, 0.5) is 19.1 Å². The second-order valence-electron chi connectivity index (χ2n) is 5.32. The molecule has 0 amide bonds. The monoisotopic (exact) mass is 312 g/mol. The molecule has 2 aromatic heterocycles. The van der Waals surface area contributed by atoms with Crippen molar-refractivity contribution in [3.05, 3.63) is 30.1 Å². The van der Waals surface area contributed by atoms with E-state index in [9.17, 15) is 13.2 Å². The molecule has 0 aliphatic carbocycles. The van der Waals surface area contributed by atoms with E-state index in [2.05, 4.69) is 20.2 Å². The lowest BCUT2D eigenvalue weighted by atomic mass is 9.97. The SMILES string of the molecule is Cn1cnnc1[C@H]1CCCN(c2nccc(C(F)(F)F)n2)C1. The smallest absolute Gasteiger partial charge is 0.340 e. The van der Waals surface area contributed by atoms with Crippen molar-refractivity contribution < 1.29 is 13.2 Å². The molecule has 2 aromatic rings. The molecule has 0 radical (unpaired) electrons. The summed E-state index contributed by atoms with van der Waals surface area (Å²) in [7, 11) is 1.86. The van der Waals surface area contributed by atoms with Crippen LogP contribution in [0.25, 0.3) is 0 Å². The number of rotatable bonds is 2. The third-order valence-electron chi connectivity index (χ3n) is 3.75. The van der Waals surface area contributed by atoms with E-state index in [0.717, 1.165) is 30.9 Å². The van der Waals surface area contributed by atoms with Crippen LogP contribution in [0.15, 0.2) is 18.6 Å². The Morgan fingerprint density at radius 2 is 2.14 bits per heavy atom. The Morgan fingerprint density at radius 3 is 2.82 bits per heavy atom. The number of anilines is 1. The Kier molecular flexibility index (Phi) is 3.71. The number of halogens is 3. The predicted molar refractivity (Wildman–Crippen MR) is 72.2 cm³/mol. The molecule has 0 saturated carbocycles. The topological polar surface area (TPSA) is 59.7 Å². The molecule has 22 heavy (non-hydrogen) atoms. The van der Waals surface area contributed by atoms with E-state index in [1.165, 1.54) is 0 Å². The van der Waals surface area contributed by atoms with Gasteiger partial charge in [-0.1, -0.05) is 0 Å². The van der Waals surface area contributed by atoms with Crippen LogP contribution in [-0.4, -0.2) is 37.8 Å². The number of aryl methyl sites for hydroxylation is 1. The molecule has 0 spiro atoms. The van der Waals surface area contributed by atoms with Gasteiger partial charge in [0.25, 0.3) is 0 Å². The quantitative estimate of drug-likeness (QED) is 0.849. The van der Waals surface area contributed by atoms with Gasteiger partial charge in [0, 0.05) is 32.3 Å². The fourth-order valence-electron chi connectivity index (χ4n) is 2.69. The molecule has 0 aromatic carbocycles. The highest BCUT2D eigenvalue weighted by Gasteiger charge is 2.34. The average molecular weight is 312 g/mol. The highest BCUT2D eigenvalue weighted by molar-refractivity contribution is 5.32. The Morgan fingerprint density at radius 1 is 1.32 bits per heavy atom. The highest BCUT2D eigenvalue weighted by Crippen LogP contribution is 2.30. The molecule has 3 rings (SSSR count). The molecule has 1 aliphatic heterocycles. The maximum Gasteiger partial charge on any atom is 0.433 e. The van der Waals surface area contributed by atoms with Crippen molar-refractivity contribution in [1.82, 2.24) is 24.7 Å². The number of nitrogens with zero attached hydrogens (tertiary/aromatic N) is 6. The number of hydrogen-bond donors (Lipinski definition) is 0. The average Bonchev–Trinajstić information content (AvgIpc) is 2.93. The zero-order chi connectivity index (χ0) is 15.7. The van der Waals surface area contributed by atoms with Crippen LogP contribution in [-0.2, 0) is 13.2 Å².